The molecule has 12 nitrogen and oxygen atoms in total. The predicted molar refractivity (Wildman–Crippen MR) is 147 cm³/mol. The lowest BCUT2D eigenvalue weighted by Gasteiger charge is -2.38. The molecule has 2 N–H and O–H groups in total. The fourth-order valence-corrected chi connectivity index (χ4v) is 5.18. The molecule has 4 aromatic rings. The minimum atomic E-state index is 0.0823. The van der Waals surface area contributed by atoms with Gasteiger partial charge in [-0.25, -0.2) is 19.9 Å². The number of hydrogen-bond donors (Lipinski definition) is 1. The maximum absolute atomic E-state index is 11.6. The minimum absolute atomic E-state index is 0.0823. The summed E-state index contributed by atoms with van der Waals surface area (Å²) in [6, 6.07) is 8.66. The Bertz CT molecular complexity index is 1430. The average Bonchev–Trinajstić information content (AvgIpc) is 3.40. The van der Waals surface area contributed by atoms with Gasteiger partial charge in [0, 0.05) is 57.2 Å². The van der Waals surface area contributed by atoms with Gasteiger partial charge in [0.2, 0.25) is 18.3 Å². The van der Waals surface area contributed by atoms with E-state index in [1.54, 1.807) is 12.4 Å². The molecule has 3 aromatic heterocycles. The van der Waals surface area contributed by atoms with Crippen LogP contribution in [0.3, 0.4) is 0 Å². The zero-order valence-corrected chi connectivity index (χ0v) is 22.0. The summed E-state index contributed by atoms with van der Waals surface area (Å²) in [7, 11) is 2.10. The van der Waals surface area contributed by atoms with Crippen molar-refractivity contribution in [2.75, 3.05) is 63.6 Å². The van der Waals surface area contributed by atoms with Crippen LogP contribution in [0.5, 0.6) is 0 Å². The first-order valence-corrected chi connectivity index (χ1v) is 13.2. The van der Waals surface area contributed by atoms with Gasteiger partial charge in [0.25, 0.3) is 0 Å². The zero-order valence-electron chi connectivity index (χ0n) is 22.0. The van der Waals surface area contributed by atoms with Gasteiger partial charge in [-0.05, 0) is 24.6 Å². The van der Waals surface area contributed by atoms with Crippen molar-refractivity contribution in [3.63, 3.8) is 0 Å². The molecule has 0 spiro atoms. The lowest BCUT2D eigenvalue weighted by atomic mass is 10.0. The molecule has 12 heteroatoms. The van der Waals surface area contributed by atoms with E-state index in [1.165, 1.54) is 5.56 Å². The smallest absolute Gasteiger partial charge is 0.228 e. The number of likely N-dealkylation sites (N-methyl/N-ethyl adjacent to an activating group) is 1. The van der Waals surface area contributed by atoms with Gasteiger partial charge >= 0.3 is 0 Å². The molecular weight excluding hydrogens is 496 g/mol. The summed E-state index contributed by atoms with van der Waals surface area (Å²) in [5, 5.41) is 0. The highest BCUT2D eigenvalue weighted by Crippen LogP contribution is 2.28. The van der Waals surface area contributed by atoms with Gasteiger partial charge in [-0.2, -0.15) is 4.98 Å². The van der Waals surface area contributed by atoms with Crippen LogP contribution >= 0.6 is 0 Å². The lowest BCUT2D eigenvalue weighted by molar-refractivity contribution is -0.122. The summed E-state index contributed by atoms with van der Waals surface area (Å²) < 4.78 is 7.60. The Morgan fingerprint density at radius 2 is 1.79 bits per heavy atom. The van der Waals surface area contributed by atoms with Crippen LogP contribution in [0.15, 0.2) is 43.0 Å². The van der Waals surface area contributed by atoms with E-state index in [1.807, 2.05) is 11.2 Å². The number of nitrogens with two attached hydrogens (primary N) is 1. The SMILES string of the molecule is CN1CCN(C=O)C(c2ccc(CCn3cnc4c(-c5cnc(N)nc5)nc(N5CCOCC5)nc43)cc2)C1. The molecule has 202 valence electrons. The van der Waals surface area contributed by atoms with Gasteiger partial charge in [-0.15, -0.1) is 0 Å². The highest BCUT2D eigenvalue weighted by Gasteiger charge is 2.25. The van der Waals surface area contributed by atoms with E-state index in [2.05, 4.69) is 60.6 Å². The van der Waals surface area contributed by atoms with E-state index in [0.717, 1.165) is 62.3 Å². The highest BCUT2D eigenvalue weighted by molar-refractivity contribution is 5.88. The molecule has 2 saturated heterocycles. The third kappa shape index (κ3) is 5.25. The number of nitrogen functional groups attached to an aromatic ring is 1. The Kier molecular flexibility index (Phi) is 7.03. The Morgan fingerprint density at radius 3 is 2.54 bits per heavy atom. The zero-order chi connectivity index (χ0) is 26.8. The summed E-state index contributed by atoms with van der Waals surface area (Å²) >= 11 is 0. The second-order valence-corrected chi connectivity index (χ2v) is 10.0. The van der Waals surface area contributed by atoms with Crippen LogP contribution in [-0.4, -0.2) is 98.7 Å². The van der Waals surface area contributed by atoms with E-state index in [9.17, 15) is 4.79 Å². The lowest BCUT2D eigenvalue weighted by Crippen LogP contribution is -2.46. The van der Waals surface area contributed by atoms with Crippen molar-refractivity contribution in [2.24, 2.45) is 0 Å². The fraction of sp³-hybridized carbons (Fsp3) is 0.407. The number of amides is 1. The maximum atomic E-state index is 11.6. The topological polar surface area (TPSA) is 131 Å². The number of fused-ring (bicyclic) bond motifs is 1. The van der Waals surface area contributed by atoms with Gasteiger partial charge in [-0.1, -0.05) is 24.3 Å². The van der Waals surface area contributed by atoms with E-state index < -0.39 is 0 Å². The van der Waals surface area contributed by atoms with Crippen LogP contribution in [0.1, 0.15) is 17.2 Å². The normalized spacial score (nSPS) is 18.5. The Hall–Kier alpha value is -4.16. The number of imidazole rings is 1. The summed E-state index contributed by atoms with van der Waals surface area (Å²) in [6.07, 6.45) is 6.93. The van der Waals surface area contributed by atoms with Crippen molar-refractivity contribution in [1.82, 2.24) is 39.3 Å². The number of ether oxygens (including phenoxy) is 1. The summed E-state index contributed by atoms with van der Waals surface area (Å²) in [6.45, 7) is 5.92. The van der Waals surface area contributed by atoms with Gasteiger partial charge in [0.1, 0.15) is 11.2 Å². The molecule has 0 bridgehead atoms. The third-order valence-electron chi connectivity index (χ3n) is 7.46. The number of hydrogen-bond acceptors (Lipinski definition) is 10. The van der Waals surface area contributed by atoms with Crippen molar-refractivity contribution >= 4 is 29.5 Å². The number of aryl methyl sites for hydroxylation is 2. The number of rotatable bonds is 7. The molecule has 5 heterocycles. The Balaban J connectivity index is 1.26. The van der Waals surface area contributed by atoms with Crippen LogP contribution in [0.2, 0.25) is 0 Å². The number of carbonyl (C=O) groups is 1. The van der Waals surface area contributed by atoms with E-state index in [-0.39, 0.29) is 12.0 Å². The van der Waals surface area contributed by atoms with Crippen LogP contribution in [0.4, 0.5) is 11.9 Å². The van der Waals surface area contributed by atoms with Crippen molar-refractivity contribution in [3.05, 3.63) is 54.1 Å². The molecule has 1 unspecified atom stereocenters. The fourth-order valence-electron chi connectivity index (χ4n) is 5.18. The number of aromatic nitrogens is 6. The first-order valence-electron chi connectivity index (χ1n) is 13.2. The molecule has 1 amide bonds. The molecule has 0 saturated carbocycles. The molecule has 0 aliphatic carbocycles. The van der Waals surface area contributed by atoms with Crippen LogP contribution in [-0.2, 0) is 22.5 Å². The predicted octanol–water partition coefficient (Wildman–Crippen LogP) is 1.39. The van der Waals surface area contributed by atoms with E-state index >= 15 is 0 Å². The van der Waals surface area contributed by atoms with Crippen LogP contribution in [0, 0.1) is 0 Å². The maximum Gasteiger partial charge on any atom is 0.228 e. The number of nitrogens with zero attached hydrogens (tertiary/aromatic N) is 9. The van der Waals surface area contributed by atoms with Crippen molar-refractivity contribution in [3.8, 4) is 11.3 Å². The van der Waals surface area contributed by atoms with Crippen molar-refractivity contribution < 1.29 is 9.53 Å². The van der Waals surface area contributed by atoms with Gasteiger partial charge in [0.05, 0.1) is 25.6 Å². The van der Waals surface area contributed by atoms with E-state index in [4.69, 9.17) is 20.4 Å². The van der Waals surface area contributed by atoms with Crippen LogP contribution in [0.25, 0.3) is 22.4 Å². The molecule has 2 aliphatic heterocycles. The summed E-state index contributed by atoms with van der Waals surface area (Å²) in [4.78, 5) is 40.6. The van der Waals surface area contributed by atoms with Crippen molar-refractivity contribution in [1.29, 1.82) is 0 Å². The number of anilines is 2. The third-order valence-corrected chi connectivity index (χ3v) is 7.46. The van der Waals surface area contributed by atoms with Crippen molar-refractivity contribution in [2.45, 2.75) is 19.0 Å². The van der Waals surface area contributed by atoms with E-state index in [0.29, 0.717) is 36.9 Å². The minimum Gasteiger partial charge on any atom is -0.378 e. The second-order valence-electron chi connectivity index (χ2n) is 10.0. The first-order chi connectivity index (χ1) is 19.1. The molecule has 1 atom stereocenters. The van der Waals surface area contributed by atoms with Gasteiger partial charge in [-0.3, -0.25) is 4.79 Å². The first kappa shape index (κ1) is 25.1. The van der Waals surface area contributed by atoms with Gasteiger partial charge in [0.15, 0.2) is 5.65 Å². The van der Waals surface area contributed by atoms with Crippen LogP contribution < -0.4 is 10.6 Å². The second kappa shape index (κ2) is 10.9. The van der Waals surface area contributed by atoms with Gasteiger partial charge < -0.3 is 29.7 Å². The average molecular weight is 529 g/mol. The monoisotopic (exact) mass is 528 g/mol. The molecule has 0 radical (unpaired) electrons. The Labute approximate surface area is 226 Å². The number of morpholine rings is 1. The molecular formula is C27H32N10O2. The molecule has 39 heavy (non-hydrogen) atoms. The molecule has 2 aliphatic rings. The number of benzene rings is 1. The number of piperazine rings is 1. The molecule has 6 rings (SSSR count). The quantitative estimate of drug-likeness (QED) is 0.351. The largest absolute Gasteiger partial charge is 0.378 e. The number of carbonyl (C=O) groups excluding carboxylic acids is 1. The Morgan fingerprint density at radius 1 is 1.03 bits per heavy atom. The summed E-state index contributed by atoms with van der Waals surface area (Å²) in [5.74, 6) is 0.851. The standard InChI is InChI=1S/C27H32N10O2/c1-34-8-9-37(18-38)22(16-34)20-4-2-19(3-5-20)6-7-36-17-31-24-23(21-14-29-26(28)30-15-21)32-27(33-25(24)36)35-10-12-39-13-11-35/h2-5,14-15,17-18,22H,6-13,16H2,1H3,(H2,28,29,30). The summed E-state index contributed by atoms with van der Waals surface area (Å²) in [5.41, 5.74) is 11.0. The molecule has 2 fully saturated rings. The highest BCUT2D eigenvalue weighted by atomic mass is 16.5. The molecule has 1 aromatic carbocycles.